The van der Waals surface area contributed by atoms with Gasteiger partial charge < -0.3 is 14.8 Å². The molecule has 0 spiro atoms. The van der Waals surface area contributed by atoms with Crippen LogP contribution in [0.5, 0.6) is 17.2 Å². The fourth-order valence-corrected chi connectivity index (χ4v) is 2.87. The predicted molar refractivity (Wildman–Crippen MR) is 101 cm³/mol. The number of nitrogens with one attached hydrogen (secondary N) is 2. The fourth-order valence-electron chi connectivity index (χ4n) is 2.87. The Hall–Kier alpha value is -3.09. The van der Waals surface area contributed by atoms with E-state index in [9.17, 15) is 0 Å². The highest BCUT2D eigenvalue weighted by atomic mass is 16.5. The molecule has 0 aliphatic carbocycles. The number of ether oxygens (including phenoxy) is 2. The Kier molecular flexibility index (Phi) is 5.06. The number of hydrogen-bond acceptors (Lipinski definition) is 6. The minimum Gasteiger partial charge on any atom is -0.496 e. The van der Waals surface area contributed by atoms with Crippen LogP contribution in [0.3, 0.4) is 0 Å². The minimum atomic E-state index is 0.345. The maximum atomic E-state index is 6.19. The van der Waals surface area contributed by atoms with Gasteiger partial charge in [-0.2, -0.15) is 5.21 Å². The lowest BCUT2D eigenvalue weighted by Gasteiger charge is -2.17. The van der Waals surface area contributed by atoms with E-state index in [0.717, 1.165) is 39.6 Å². The molecule has 1 aromatic heterocycles. The molecule has 0 saturated carbocycles. The van der Waals surface area contributed by atoms with Crippen LogP contribution in [-0.2, 0) is 0 Å². The van der Waals surface area contributed by atoms with Gasteiger partial charge in [0.05, 0.1) is 7.11 Å². The molecule has 0 amide bonds. The molecular formula is C19H23N5O2. The maximum absolute atomic E-state index is 6.19. The van der Waals surface area contributed by atoms with E-state index in [-0.39, 0.29) is 0 Å². The fraction of sp³-hybridized carbons (Fsp3) is 0.316. The zero-order valence-corrected chi connectivity index (χ0v) is 15.6. The summed E-state index contributed by atoms with van der Waals surface area (Å²) in [7, 11) is 1.69. The van der Waals surface area contributed by atoms with E-state index in [1.54, 1.807) is 7.11 Å². The second kappa shape index (κ2) is 7.43. The second-order valence-corrected chi connectivity index (χ2v) is 6.46. The number of benzene rings is 2. The van der Waals surface area contributed by atoms with Crippen molar-refractivity contribution in [2.24, 2.45) is 0 Å². The van der Waals surface area contributed by atoms with Gasteiger partial charge in [0, 0.05) is 11.3 Å². The molecule has 2 N–H and O–H groups in total. The number of aromatic nitrogens is 4. The molecule has 7 heteroatoms. The normalized spacial score (nSPS) is 10.8. The first-order valence-electron chi connectivity index (χ1n) is 8.45. The highest BCUT2D eigenvalue weighted by Crippen LogP contribution is 2.35. The first kappa shape index (κ1) is 17.7. The van der Waals surface area contributed by atoms with Crippen LogP contribution in [0.2, 0.25) is 0 Å². The third kappa shape index (κ3) is 3.77. The Morgan fingerprint density at radius 3 is 2.38 bits per heavy atom. The standard InChI is InChI=1S/C19H23N5O2/c1-11(2)16-10-15(6-7-17(16)25-5)26-18-12(3)8-14(9-13(18)4)20-19-21-23-24-22-19/h6-11H,1-5H3,(H2,20,21,22,23,24). The zero-order chi connectivity index (χ0) is 18.7. The summed E-state index contributed by atoms with van der Waals surface area (Å²) in [5.74, 6) is 3.27. The molecule has 0 bridgehead atoms. The number of aromatic amines is 1. The van der Waals surface area contributed by atoms with E-state index in [1.165, 1.54) is 0 Å². The van der Waals surface area contributed by atoms with Crippen LogP contribution in [0, 0.1) is 13.8 Å². The molecule has 26 heavy (non-hydrogen) atoms. The third-order valence-electron chi connectivity index (χ3n) is 4.10. The molecule has 0 saturated heterocycles. The summed E-state index contributed by atoms with van der Waals surface area (Å²) in [6, 6.07) is 9.89. The number of nitrogens with zero attached hydrogens (tertiary/aromatic N) is 3. The topological polar surface area (TPSA) is 85.0 Å². The molecule has 0 radical (unpaired) electrons. The highest BCUT2D eigenvalue weighted by molar-refractivity contribution is 5.60. The van der Waals surface area contributed by atoms with E-state index in [2.05, 4.69) is 39.8 Å². The molecule has 3 rings (SSSR count). The third-order valence-corrected chi connectivity index (χ3v) is 4.10. The van der Waals surface area contributed by atoms with E-state index in [0.29, 0.717) is 11.9 Å². The van der Waals surface area contributed by atoms with Gasteiger partial charge >= 0.3 is 0 Å². The average Bonchev–Trinajstić information content (AvgIpc) is 3.11. The summed E-state index contributed by atoms with van der Waals surface area (Å²) >= 11 is 0. The van der Waals surface area contributed by atoms with Gasteiger partial charge in [0.15, 0.2) is 0 Å². The number of methoxy groups -OCH3 is 1. The van der Waals surface area contributed by atoms with Crippen molar-refractivity contribution < 1.29 is 9.47 Å². The van der Waals surface area contributed by atoms with E-state index >= 15 is 0 Å². The summed E-state index contributed by atoms with van der Waals surface area (Å²) in [5, 5.41) is 16.9. The number of H-pyrrole nitrogens is 1. The van der Waals surface area contributed by atoms with Crippen molar-refractivity contribution in [3.05, 3.63) is 47.0 Å². The Morgan fingerprint density at radius 1 is 1.08 bits per heavy atom. The predicted octanol–water partition coefficient (Wildman–Crippen LogP) is 4.48. The van der Waals surface area contributed by atoms with Crippen molar-refractivity contribution in [1.29, 1.82) is 0 Å². The van der Waals surface area contributed by atoms with Crippen molar-refractivity contribution in [1.82, 2.24) is 20.6 Å². The lowest BCUT2D eigenvalue weighted by atomic mass is 10.0. The first-order chi connectivity index (χ1) is 12.5. The van der Waals surface area contributed by atoms with Crippen LogP contribution >= 0.6 is 0 Å². The second-order valence-electron chi connectivity index (χ2n) is 6.46. The monoisotopic (exact) mass is 353 g/mol. The smallest absolute Gasteiger partial charge is 0.267 e. The van der Waals surface area contributed by atoms with Crippen molar-refractivity contribution >= 4 is 11.6 Å². The van der Waals surface area contributed by atoms with Crippen molar-refractivity contribution in [2.45, 2.75) is 33.6 Å². The van der Waals surface area contributed by atoms with Gasteiger partial charge in [-0.25, -0.2) is 0 Å². The average molecular weight is 353 g/mol. The number of rotatable bonds is 6. The lowest BCUT2D eigenvalue weighted by molar-refractivity contribution is 0.405. The van der Waals surface area contributed by atoms with Gasteiger partial charge in [0.25, 0.3) is 5.95 Å². The number of aryl methyl sites for hydroxylation is 2. The van der Waals surface area contributed by atoms with E-state index < -0.39 is 0 Å². The van der Waals surface area contributed by atoms with Crippen molar-refractivity contribution in [3.8, 4) is 17.2 Å². The molecule has 136 valence electrons. The van der Waals surface area contributed by atoms with Gasteiger partial charge in [0.1, 0.15) is 17.2 Å². The van der Waals surface area contributed by atoms with Gasteiger partial charge in [-0.15, -0.1) is 5.10 Å². The van der Waals surface area contributed by atoms with Crippen molar-refractivity contribution in [2.75, 3.05) is 12.4 Å². The molecule has 0 fully saturated rings. The molecule has 0 unspecified atom stereocenters. The van der Waals surface area contributed by atoms with Gasteiger partial charge in [-0.3, -0.25) is 0 Å². The van der Waals surface area contributed by atoms with Gasteiger partial charge in [-0.1, -0.05) is 18.9 Å². The van der Waals surface area contributed by atoms with Gasteiger partial charge in [-0.05, 0) is 66.4 Å². The molecular weight excluding hydrogens is 330 g/mol. The molecule has 3 aromatic rings. The molecule has 0 aliphatic heterocycles. The summed E-state index contributed by atoms with van der Waals surface area (Å²) < 4.78 is 11.6. The highest BCUT2D eigenvalue weighted by Gasteiger charge is 2.12. The molecule has 1 heterocycles. The molecule has 7 nitrogen and oxygen atoms in total. The summed E-state index contributed by atoms with van der Waals surface area (Å²) in [6.45, 7) is 8.29. The Bertz CT molecular complexity index is 868. The molecule has 0 aliphatic rings. The zero-order valence-electron chi connectivity index (χ0n) is 15.6. The Labute approximate surface area is 152 Å². The Balaban J connectivity index is 1.87. The van der Waals surface area contributed by atoms with E-state index in [1.807, 2.05) is 44.2 Å². The molecule has 0 atom stereocenters. The summed E-state index contributed by atoms with van der Waals surface area (Å²) in [6.07, 6.45) is 0. The van der Waals surface area contributed by atoms with E-state index in [4.69, 9.17) is 9.47 Å². The number of tetrazole rings is 1. The first-order valence-corrected chi connectivity index (χ1v) is 8.45. The largest absolute Gasteiger partial charge is 0.496 e. The van der Waals surface area contributed by atoms with Crippen LogP contribution < -0.4 is 14.8 Å². The molecule has 2 aromatic carbocycles. The number of anilines is 2. The summed E-state index contributed by atoms with van der Waals surface area (Å²) in [4.78, 5) is 0. The van der Waals surface area contributed by atoms with Crippen LogP contribution in [0.25, 0.3) is 0 Å². The van der Waals surface area contributed by atoms with Crippen molar-refractivity contribution in [3.63, 3.8) is 0 Å². The lowest BCUT2D eigenvalue weighted by Crippen LogP contribution is -1.98. The van der Waals surface area contributed by atoms with Gasteiger partial charge in [0.2, 0.25) is 0 Å². The minimum absolute atomic E-state index is 0.345. The summed E-state index contributed by atoms with van der Waals surface area (Å²) in [5.41, 5.74) is 4.03. The van der Waals surface area contributed by atoms with Crippen LogP contribution in [0.15, 0.2) is 30.3 Å². The van der Waals surface area contributed by atoms with Crippen LogP contribution in [0.1, 0.15) is 36.5 Å². The SMILES string of the molecule is COc1ccc(Oc2c(C)cc(Nc3nn[nH]n3)cc2C)cc1C(C)C. The number of hydrogen-bond donors (Lipinski definition) is 2. The quantitative estimate of drug-likeness (QED) is 0.679. The van der Waals surface area contributed by atoms with Crippen LogP contribution in [0.4, 0.5) is 11.6 Å². The maximum Gasteiger partial charge on any atom is 0.267 e. The Morgan fingerprint density at radius 2 is 1.81 bits per heavy atom. The van der Waals surface area contributed by atoms with Crippen LogP contribution in [-0.4, -0.2) is 27.7 Å².